The minimum Gasteiger partial charge on any atom is -0.388 e. The van der Waals surface area contributed by atoms with E-state index in [1.807, 2.05) is 6.07 Å². The molecule has 0 amide bonds. The van der Waals surface area contributed by atoms with E-state index in [9.17, 15) is 10.4 Å². The van der Waals surface area contributed by atoms with E-state index in [1.54, 1.807) is 0 Å². The molecule has 0 radical (unpaired) electrons. The first-order chi connectivity index (χ1) is 9.19. The molecule has 1 saturated heterocycles. The summed E-state index contributed by atoms with van der Waals surface area (Å²) < 4.78 is 0. The molecule has 0 saturated carbocycles. The number of nitriles is 1. The van der Waals surface area contributed by atoms with E-state index in [0.717, 1.165) is 25.9 Å². The molecule has 0 bridgehead atoms. The summed E-state index contributed by atoms with van der Waals surface area (Å²) in [5.41, 5.74) is 1.14. The van der Waals surface area contributed by atoms with Crippen LogP contribution in [0.1, 0.15) is 30.4 Å². The maximum atomic E-state index is 11.0. The van der Waals surface area contributed by atoms with Crippen molar-refractivity contribution in [3.8, 4) is 6.07 Å². The Morgan fingerprint density at radius 1 is 1.11 bits per heavy atom. The van der Waals surface area contributed by atoms with Gasteiger partial charge < -0.3 is 10.4 Å². The van der Waals surface area contributed by atoms with Gasteiger partial charge in [-0.25, -0.2) is 0 Å². The smallest absolute Gasteiger partial charge is 0.0904 e. The molecular weight excluding hydrogens is 236 g/mol. The highest BCUT2D eigenvalue weighted by molar-refractivity contribution is 5.34. The number of nitrogens with one attached hydrogen (secondary N) is 1. The van der Waals surface area contributed by atoms with Gasteiger partial charge in [0.15, 0.2) is 0 Å². The SMILES string of the molecule is N#CC1(C2(O)CCNCC2)CCc2ccccc2C1. The van der Waals surface area contributed by atoms with Gasteiger partial charge in [-0.3, -0.25) is 0 Å². The van der Waals surface area contributed by atoms with Crippen LogP contribution >= 0.6 is 0 Å². The molecule has 0 aromatic heterocycles. The van der Waals surface area contributed by atoms with Crippen molar-refractivity contribution in [3.63, 3.8) is 0 Å². The molecule has 1 unspecified atom stereocenters. The van der Waals surface area contributed by atoms with Crippen molar-refractivity contribution in [2.75, 3.05) is 13.1 Å². The molecule has 2 aliphatic rings. The van der Waals surface area contributed by atoms with E-state index >= 15 is 0 Å². The van der Waals surface area contributed by atoms with Gasteiger partial charge in [-0.15, -0.1) is 0 Å². The topological polar surface area (TPSA) is 56.0 Å². The number of piperidine rings is 1. The van der Waals surface area contributed by atoms with E-state index in [-0.39, 0.29) is 0 Å². The van der Waals surface area contributed by atoms with Crippen LogP contribution in [0.25, 0.3) is 0 Å². The minimum atomic E-state index is -0.833. The molecule has 1 atom stereocenters. The zero-order valence-corrected chi connectivity index (χ0v) is 11.2. The van der Waals surface area contributed by atoms with Crippen molar-refractivity contribution in [1.29, 1.82) is 5.26 Å². The van der Waals surface area contributed by atoms with Gasteiger partial charge in [0.05, 0.1) is 17.1 Å². The molecule has 1 fully saturated rings. The van der Waals surface area contributed by atoms with Crippen molar-refractivity contribution < 1.29 is 5.11 Å². The van der Waals surface area contributed by atoms with Crippen LogP contribution in [-0.2, 0) is 12.8 Å². The fourth-order valence-corrected chi connectivity index (χ4v) is 3.65. The van der Waals surface area contributed by atoms with E-state index < -0.39 is 11.0 Å². The van der Waals surface area contributed by atoms with Gasteiger partial charge in [0, 0.05) is 0 Å². The van der Waals surface area contributed by atoms with Crippen LogP contribution in [0.3, 0.4) is 0 Å². The van der Waals surface area contributed by atoms with Gasteiger partial charge in [-0.2, -0.15) is 5.26 Å². The van der Waals surface area contributed by atoms with Crippen molar-refractivity contribution >= 4 is 0 Å². The van der Waals surface area contributed by atoms with Crippen molar-refractivity contribution in [2.45, 2.75) is 37.7 Å². The van der Waals surface area contributed by atoms with Gasteiger partial charge in [0.1, 0.15) is 0 Å². The van der Waals surface area contributed by atoms with Crippen LogP contribution in [0.15, 0.2) is 24.3 Å². The average Bonchev–Trinajstić information content (AvgIpc) is 2.47. The largest absolute Gasteiger partial charge is 0.388 e. The quantitative estimate of drug-likeness (QED) is 0.805. The lowest BCUT2D eigenvalue weighted by Gasteiger charge is -2.47. The summed E-state index contributed by atoms with van der Waals surface area (Å²) >= 11 is 0. The van der Waals surface area contributed by atoms with Crippen LogP contribution in [0.5, 0.6) is 0 Å². The number of nitrogens with zero attached hydrogens (tertiary/aromatic N) is 1. The maximum Gasteiger partial charge on any atom is 0.0904 e. The Balaban J connectivity index is 1.96. The predicted octanol–water partition coefficient (Wildman–Crippen LogP) is 1.80. The number of hydrogen-bond donors (Lipinski definition) is 2. The third kappa shape index (κ3) is 1.96. The Kier molecular flexibility index (Phi) is 3.08. The molecule has 100 valence electrons. The zero-order chi connectivity index (χ0) is 13.3. The van der Waals surface area contributed by atoms with Gasteiger partial charge in [-0.05, 0) is 56.3 Å². The highest BCUT2D eigenvalue weighted by Crippen LogP contribution is 2.47. The lowest BCUT2D eigenvalue weighted by Crippen LogP contribution is -2.55. The van der Waals surface area contributed by atoms with E-state index in [4.69, 9.17) is 0 Å². The number of hydrogen-bond acceptors (Lipinski definition) is 3. The molecule has 1 aliphatic heterocycles. The van der Waals surface area contributed by atoms with E-state index in [1.165, 1.54) is 11.1 Å². The summed E-state index contributed by atoms with van der Waals surface area (Å²) in [5.74, 6) is 0. The molecule has 3 rings (SSSR count). The standard InChI is InChI=1S/C16H20N2O/c17-12-15(16(19)7-9-18-10-8-16)6-5-13-3-1-2-4-14(13)11-15/h1-4,18-19H,5-11H2. The monoisotopic (exact) mass is 256 g/mol. The average molecular weight is 256 g/mol. The highest BCUT2D eigenvalue weighted by Gasteiger charge is 2.52. The summed E-state index contributed by atoms with van der Waals surface area (Å²) in [4.78, 5) is 0. The Morgan fingerprint density at radius 2 is 1.79 bits per heavy atom. The molecule has 1 aromatic carbocycles. The van der Waals surface area contributed by atoms with Gasteiger partial charge in [-0.1, -0.05) is 24.3 Å². The van der Waals surface area contributed by atoms with Crippen molar-refractivity contribution in [1.82, 2.24) is 5.32 Å². The number of fused-ring (bicyclic) bond motifs is 1. The Hall–Kier alpha value is -1.37. The van der Waals surface area contributed by atoms with Crippen LogP contribution < -0.4 is 5.32 Å². The molecule has 19 heavy (non-hydrogen) atoms. The highest BCUT2D eigenvalue weighted by atomic mass is 16.3. The van der Waals surface area contributed by atoms with Gasteiger partial charge >= 0.3 is 0 Å². The van der Waals surface area contributed by atoms with E-state index in [2.05, 4.69) is 29.6 Å². The first-order valence-corrected chi connectivity index (χ1v) is 7.10. The van der Waals surface area contributed by atoms with E-state index in [0.29, 0.717) is 19.3 Å². The van der Waals surface area contributed by atoms with Gasteiger partial charge in [0.25, 0.3) is 0 Å². The van der Waals surface area contributed by atoms with Crippen LogP contribution in [0, 0.1) is 16.7 Å². The minimum absolute atomic E-state index is 0.608. The zero-order valence-electron chi connectivity index (χ0n) is 11.2. The summed E-state index contributed by atoms with van der Waals surface area (Å²) in [6.07, 6.45) is 3.73. The fraction of sp³-hybridized carbons (Fsp3) is 0.562. The summed E-state index contributed by atoms with van der Waals surface area (Å²) in [7, 11) is 0. The maximum absolute atomic E-state index is 11.0. The van der Waals surface area contributed by atoms with Crippen LogP contribution in [-0.4, -0.2) is 23.8 Å². The molecule has 1 aromatic rings. The first kappa shape index (κ1) is 12.7. The Labute approximate surface area is 114 Å². The lowest BCUT2D eigenvalue weighted by atomic mass is 9.60. The second-order valence-corrected chi connectivity index (χ2v) is 5.92. The van der Waals surface area contributed by atoms with Crippen molar-refractivity contribution in [3.05, 3.63) is 35.4 Å². The third-order valence-corrected chi connectivity index (χ3v) is 4.97. The fourth-order valence-electron chi connectivity index (χ4n) is 3.65. The number of aryl methyl sites for hydroxylation is 1. The predicted molar refractivity (Wildman–Crippen MR) is 73.6 cm³/mol. The Morgan fingerprint density at radius 3 is 2.47 bits per heavy atom. The molecular formula is C16H20N2O. The Bertz CT molecular complexity index is 514. The molecule has 3 nitrogen and oxygen atoms in total. The summed E-state index contributed by atoms with van der Waals surface area (Å²) in [6.45, 7) is 1.61. The number of benzene rings is 1. The summed E-state index contributed by atoms with van der Waals surface area (Å²) in [5, 5.41) is 24.0. The van der Waals surface area contributed by atoms with Crippen LogP contribution in [0.4, 0.5) is 0 Å². The second kappa shape index (κ2) is 4.63. The number of rotatable bonds is 1. The van der Waals surface area contributed by atoms with Crippen molar-refractivity contribution in [2.24, 2.45) is 5.41 Å². The molecule has 2 N–H and O–H groups in total. The van der Waals surface area contributed by atoms with Crippen LogP contribution in [0.2, 0.25) is 0 Å². The second-order valence-electron chi connectivity index (χ2n) is 5.92. The summed E-state index contributed by atoms with van der Waals surface area (Å²) in [6, 6.07) is 10.8. The lowest BCUT2D eigenvalue weighted by molar-refractivity contribution is -0.0835. The first-order valence-electron chi connectivity index (χ1n) is 7.10. The molecule has 0 spiro atoms. The molecule has 1 aliphatic carbocycles. The third-order valence-electron chi connectivity index (χ3n) is 4.97. The molecule has 1 heterocycles. The molecule has 3 heteroatoms. The van der Waals surface area contributed by atoms with Gasteiger partial charge in [0.2, 0.25) is 0 Å². The normalized spacial score (nSPS) is 29.3. The number of aliphatic hydroxyl groups is 1.